The molecular weight excluding hydrogens is 269 g/mol. The van der Waals surface area contributed by atoms with Crippen LogP contribution in [-0.2, 0) is 6.18 Å². The number of alkyl halides is 3. The van der Waals surface area contributed by atoms with E-state index in [1.807, 2.05) is 0 Å². The lowest BCUT2D eigenvalue weighted by Crippen LogP contribution is -2.41. The van der Waals surface area contributed by atoms with Gasteiger partial charge in [-0.15, -0.1) is 0 Å². The third-order valence-electron chi connectivity index (χ3n) is 3.74. The Hall–Kier alpha value is -1.59. The van der Waals surface area contributed by atoms with Gasteiger partial charge in [-0.05, 0) is 30.9 Å². The molecule has 2 rings (SSSR count). The smallest absolute Gasteiger partial charge is 0.349 e. The molecule has 0 aromatic carbocycles. The summed E-state index contributed by atoms with van der Waals surface area (Å²) >= 11 is 0. The summed E-state index contributed by atoms with van der Waals surface area (Å²) < 4.78 is 37.7. The van der Waals surface area contributed by atoms with Crippen molar-refractivity contribution in [2.45, 2.75) is 44.8 Å². The van der Waals surface area contributed by atoms with Gasteiger partial charge in [0.2, 0.25) is 0 Å². The largest absolute Gasteiger partial charge is 0.433 e. The second-order valence-corrected chi connectivity index (χ2v) is 5.27. The van der Waals surface area contributed by atoms with Gasteiger partial charge < -0.3 is 5.32 Å². The number of carbonyl (C=O) groups is 1. The number of rotatable bonds is 2. The first kappa shape index (κ1) is 14.8. The normalized spacial score (nSPS) is 23.4. The maximum Gasteiger partial charge on any atom is 0.433 e. The first-order valence-electron chi connectivity index (χ1n) is 6.72. The molecule has 1 aliphatic rings. The van der Waals surface area contributed by atoms with E-state index in [1.165, 1.54) is 6.07 Å². The van der Waals surface area contributed by atoms with Crippen LogP contribution in [0.1, 0.15) is 48.7 Å². The topological polar surface area (TPSA) is 42.0 Å². The zero-order valence-corrected chi connectivity index (χ0v) is 11.2. The van der Waals surface area contributed by atoms with Crippen LogP contribution in [0, 0.1) is 5.92 Å². The summed E-state index contributed by atoms with van der Waals surface area (Å²) in [7, 11) is 0. The predicted octanol–water partition coefficient (Wildman–Crippen LogP) is 3.41. The quantitative estimate of drug-likeness (QED) is 0.905. The van der Waals surface area contributed by atoms with Crippen LogP contribution in [0.5, 0.6) is 0 Å². The molecule has 1 aromatic heterocycles. The van der Waals surface area contributed by atoms with Gasteiger partial charge in [0.1, 0.15) is 5.69 Å². The molecule has 110 valence electrons. The second kappa shape index (κ2) is 5.81. The molecule has 1 aromatic rings. The maximum absolute atomic E-state index is 12.6. The van der Waals surface area contributed by atoms with Gasteiger partial charge in [0.25, 0.3) is 5.91 Å². The molecule has 1 saturated carbocycles. The third-order valence-corrected chi connectivity index (χ3v) is 3.74. The fraction of sp³-hybridized carbons (Fsp3) is 0.571. The first-order chi connectivity index (χ1) is 9.38. The molecule has 1 heterocycles. The fourth-order valence-electron chi connectivity index (χ4n) is 2.51. The van der Waals surface area contributed by atoms with Gasteiger partial charge in [-0.1, -0.05) is 19.8 Å². The number of carbonyl (C=O) groups excluding carboxylic acids is 1. The van der Waals surface area contributed by atoms with Crippen LogP contribution in [-0.4, -0.2) is 16.9 Å². The van der Waals surface area contributed by atoms with E-state index < -0.39 is 17.8 Å². The minimum atomic E-state index is -4.53. The molecule has 2 atom stereocenters. The van der Waals surface area contributed by atoms with Gasteiger partial charge in [0.15, 0.2) is 0 Å². The molecular formula is C14H17F3N2O. The van der Waals surface area contributed by atoms with Crippen molar-refractivity contribution in [3.63, 3.8) is 0 Å². The molecule has 6 heteroatoms. The summed E-state index contributed by atoms with van der Waals surface area (Å²) in [4.78, 5) is 15.3. The Kier molecular flexibility index (Phi) is 4.30. The lowest BCUT2D eigenvalue weighted by molar-refractivity contribution is -0.141. The molecule has 0 radical (unpaired) electrons. The summed E-state index contributed by atoms with van der Waals surface area (Å²) in [6.45, 7) is 2.05. The maximum atomic E-state index is 12.6. The molecule has 1 amide bonds. The summed E-state index contributed by atoms with van der Waals surface area (Å²) in [6, 6.07) is 2.14. The van der Waals surface area contributed by atoms with Crippen LogP contribution in [0.4, 0.5) is 13.2 Å². The molecule has 0 aliphatic heterocycles. The number of nitrogens with zero attached hydrogens (tertiary/aromatic N) is 1. The van der Waals surface area contributed by atoms with E-state index in [0.29, 0.717) is 5.92 Å². The van der Waals surface area contributed by atoms with Gasteiger partial charge in [-0.2, -0.15) is 13.2 Å². The highest BCUT2D eigenvalue weighted by molar-refractivity contribution is 5.94. The van der Waals surface area contributed by atoms with Crippen molar-refractivity contribution in [3.05, 3.63) is 29.6 Å². The van der Waals surface area contributed by atoms with Crippen LogP contribution in [0.25, 0.3) is 0 Å². The molecule has 1 fully saturated rings. The molecule has 20 heavy (non-hydrogen) atoms. The highest BCUT2D eigenvalue weighted by atomic mass is 19.4. The van der Waals surface area contributed by atoms with E-state index in [1.54, 1.807) is 0 Å². The van der Waals surface area contributed by atoms with Crippen molar-refractivity contribution in [2.24, 2.45) is 5.92 Å². The number of halogens is 3. The average Bonchev–Trinajstić information content (AvgIpc) is 2.40. The summed E-state index contributed by atoms with van der Waals surface area (Å²) in [5, 5.41) is 2.83. The molecule has 0 bridgehead atoms. The van der Waals surface area contributed by atoms with Gasteiger partial charge >= 0.3 is 6.18 Å². The van der Waals surface area contributed by atoms with Crippen molar-refractivity contribution in [1.82, 2.24) is 10.3 Å². The summed E-state index contributed by atoms with van der Waals surface area (Å²) in [6.07, 6.45) is 0.579. The minimum Gasteiger partial charge on any atom is -0.349 e. The average molecular weight is 286 g/mol. The van der Waals surface area contributed by atoms with Gasteiger partial charge in [-0.25, -0.2) is 0 Å². The molecule has 3 nitrogen and oxygen atoms in total. The number of nitrogens with one attached hydrogen (secondary N) is 1. The van der Waals surface area contributed by atoms with E-state index >= 15 is 0 Å². The van der Waals surface area contributed by atoms with Crippen molar-refractivity contribution in [3.8, 4) is 0 Å². The van der Waals surface area contributed by atoms with Crippen molar-refractivity contribution < 1.29 is 18.0 Å². The minimum absolute atomic E-state index is 0.00472. The number of pyridine rings is 1. The Morgan fingerprint density at radius 1 is 1.35 bits per heavy atom. The number of hydrogen-bond donors (Lipinski definition) is 1. The van der Waals surface area contributed by atoms with Crippen LogP contribution in [0.2, 0.25) is 0 Å². The van der Waals surface area contributed by atoms with E-state index in [4.69, 9.17) is 0 Å². The number of amides is 1. The highest BCUT2D eigenvalue weighted by Gasteiger charge is 2.33. The molecule has 1 aliphatic carbocycles. The highest BCUT2D eigenvalue weighted by Crippen LogP contribution is 2.28. The van der Waals surface area contributed by atoms with Crippen LogP contribution < -0.4 is 5.32 Å². The lowest BCUT2D eigenvalue weighted by atomic mass is 9.86. The molecule has 0 saturated heterocycles. The third kappa shape index (κ3) is 3.49. The second-order valence-electron chi connectivity index (χ2n) is 5.27. The summed E-state index contributed by atoms with van der Waals surface area (Å²) in [5.41, 5.74) is -1.04. The van der Waals surface area contributed by atoms with Crippen LogP contribution in [0.15, 0.2) is 18.3 Å². The Labute approximate surface area is 115 Å². The van der Waals surface area contributed by atoms with E-state index in [-0.39, 0.29) is 11.6 Å². The monoisotopic (exact) mass is 286 g/mol. The van der Waals surface area contributed by atoms with Gasteiger partial charge in [-0.3, -0.25) is 9.78 Å². The number of hydrogen-bond acceptors (Lipinski definition) is 2. The van der Waals surface area contributed by atoms with Crippen molar-refractivity contribution >= 4 is 5.91 Å². The predicted molar refractivity (Wildman–Crippen MR) is 68.1 cm³/mol. The van der Waals surface area contributed by atoms with Gasteiger partial charge in [0.05, 0.1) is 0 Å². The van der Waals surface area contributed by atoms with Crippen LogP contribution >= 0.6 is 0 Å². The van der Waals surface area contributed by atoms with E-state index in [2.05, 4.69) is 17.2 Å². The standard InChI is InChI=1S/C14H17F3N2O/c1-9-4-2-3-5-11(9)19-13(20)10-6-7-18-12(8-10)14(15,16)17/h6-9,11H,2-5H2,1H3,(H,19,20). The molecule has 0 spiro atoms. The van der Waals surface area contributed by atoms with E-state index in [0.717, 1.165) is 37.9 Å². The number of aromatic nitrogens is 1. The Balaban J connectivity index is 2.09. The first-order valence-corrected chi connectivity index (χ1v) is 6.72. The SMILES string of the molecule is CC1CCCCC1NC(=O)c1ccnc(C(F)(F)F)c1. The zero-order chi connectivity index (χ0) is 14.8. The van der Waals surface area contributed by atoms with Crippen LogP contribution in [0.3, 0.4) is 0 Å². The van der Waals surface area contributed by atoms with Crippen molar-refractivity contribution in [1.29, 1.82) is 0 Å². The lowest BCUT2D eigenvalue weighted by Gasteiger charge is -2.29. The van der Waals surface area contributed by atoms with Gasteiger partial charge in [0, 0.05) is 17.8 Å². The Bertz CT molecular complexity index is 488. The fourth-order valence-corrected chi connectivity index (χ4v) is 2.51. The van der Waals surface area contributed by atoms with Crippen molar-refractivity contribution in [2.75, 3.05) is 0 Å². The van der Waals surface area contributed by atoms with E-state index in [9.17, 15) is 18.0 Å². The molecule has 2 unspecified atom stereocenters. The Morgan fingerprint density at radius 2 is 2.05 bits per heavy atom. The zero-order valence-electron chi connectivity index (χ0n) is 11.2. The Morgan fingerprint density at radius 3 is 2.70 bits per heavy atom. The summed E-state index contributed by atoms with van der Waals surface area (Å²) in [5.74, 6) is -0.103. The molecule has 1 N–H and O–H groups in total.